The molecular formula is C15H17N4O+. The molecule has 3 aromatic rings. The minimum Gasteiger partial charge on any atom is -0.393 e. The Morgan fingerprint density at radius 2 is 2.05 bits per heavy atom. The number of imidazole rings is 1. The van der Waals surface area contributed by atoms with Crippen LogP contribution in [0.15, 0.2) is 47.5 Å². The van der Waals surface area contributed by atoms with Crippen molar-refractivity contribution in [1.29, 1.82) is 0 Å². The van der Waals surface area contributed by atoms with Crippen LogP contribution in [0.5, 0.6) is 0 Å². The second kappa shape index (κ2) is 4.92. The minimum absolute atomic E-state index is 0.442. The highest BCUT2D eigenvalue weighted by Gasteiger charge is 2.24. The normalized spacial score (nSPS) is 11.2. The Bertz CT molecular complexity index is 713. The van der Waals surface area contributed by atoms with Crippen LogP contribution in [0.1, 0.15) is 25.3 Å². The van der Waals surface area contributed by atoms with Crippen LogP contribution in [0, 0.1) is 0 Å². The van der Waals surface area contributed by atoms with Gasteiger partial charge in [-0.05, 0) is 17.5 Å². The summed E-state index contributed by atoms with van der Waals surface area (Å²) in [5.74, 6) is 1.47. The van der Waals surface area contributed by atoms with E-state index in [9.17, 15) is 0 Å². The quantitative estimate of drug-likeness (QED) is 0.686. The predicted molar refractivity (Wildman–Crippen MR) is 74.3 cm³/mol. The first-order valence-corrected chi connectivity index (χ1v) is 6.61. The molecule has 0 spiro atoms. The van der Waals surface area contributed by atoms with Crippen molar-refractivity contribution in [2.75, 3.05) is 0 Å². The lowest BCUT2D eigenvalue weighted by atomic mass is 9.97. The van der Waals surface area contributed by atoms with Crippen molar-refractivity contribution >= 4 is 0 Å². The maximum Gasteiger partial charge on any atom is 0.421 e. The summed E-state index contributed by atoms with van der Waals surface area (Å²) >= 11 is 0. The molecule has 0 aliphatic carbocycles. The van der Waals surface area contributed by atoms with Gasteiger partial charge in [-0.2, -0.15) is 0 Å². The number of benzene rings is 1. The van der Waals surface area contributed by atoms with Crippen molar-refractivity contribution in [3.8, 4) is 17.4 Å². The van der Waals surface area contributed by atoms with Gasteiger partial charge in [0.25, 0.3) is 5.82 Å². The third-order valence-corrected chi connectivity index (χ3v) is 3.38. The van der Waals surface area contributed by atoms with Gasteiger partial charge in [0, 0.05) is 0 Å². The first-order valence-electron chi connectivity index (χ1n) is 6.61. The molecule has 0 amide bonds. The topological polar surface area (TPSA) is 47.7 Å². The SMILES string of the molecule is CC(C)c1ccccc1-c1n(-c2nnco2)cc[n+]1C. The fourth-order valence-corrected chi connectivity index (χ4v) is 2.43. The summed E-state index contributed by atoms with van der Waals surface area (Å²) in [5.41, 5.74) is 2.47. The highest BCUT2D eigenvalue weighted by atomic mass is 16.4. The predicted octanol–water partition coefficient (Wildman–Crippen LogP) is 2.48. The van der Waals surface area contributed by atoms with E-state index in [0.29, 0.717) is 11.9 Å². The van der Waals surface area contributed by atoms with Crippen LogP contribution >= 0.6 is 0 Å². The van der Waals surface area contributed by atoms with E-state index in [1.165, 1.54) is 17.5 Å². The Kier molecular flexibility index (Phi) is 3.10. The second-order valence-electron chi connectivity index (χ2n) is 5.07. The Hall–Kier alpha value is -2.43. The van der Waals surface area contributed by atoms with Crippen LogP contribution in [0.2, 0.25) is 0 Å². The molecule has 20 heavy (non-hydrogen) atoms. The lowest BCUT2D eigenvalue weighted by Crippen LogP contribution is -2.29. The molecule has 0 aliphatic rings. The van der Waals surface area contributed by atoms with Crippen LogP contribution in [-0.4, -0.2) is 14.8 Å². The molecule has 0 saturated carbocycles. The number of aromatic nitrogens is 4. The molecule has 5 heteroatoms. The van der Waals surface area contributed by atoms with Crippen molar-refractivity contribution in [2.45, 2.75) is 19.8 Å². The number of aryl methyl sites for hydroxylation is 1. The summed E-state index contributed by atoms with van der Waals surface area (Å²) in [6, 6.07) is 8.87. The molecule has 0 saturated heterocycles. The standard InChI is InChI=1S/C15H17N4O/c1-11(2)12-6-4-5-7-13(12)14-18(3)8-9-19(14)15-17-16-10-20-15/h4-11H,1-3H3/q+1. The summed E-state index contributed by atoms with van der Waals surface area (Å²) in [7, 11) is 2.01. The fourth-order valence-electron chi connectivity index (χ4n) is 2.43. The van der Waals surface area contributed by atoms with E-state index >= 15 is 0 Å². The lowest BCUT2D eigenvalue weighted by molar-refractivity contribution is -0.659. The molecule has 0 aliphatic heterocycles. The van der Waals surface area contributed by atoms with E-state index in [1.54, 1.807) is 0 Å². The summed E-state index contributed by atoms with van der Waals surface area (Å²) in [5, 5.41) is 7.75. The average molecular weight is 269 g/mol. The number of hydrogen-bond donors (Lipinski definition) is 0. The van der Waals surface area contributed by atoms with Gasteiger partial charge in [-0.1, -0.05) is 37.1 Å². The molecule has 102 valence electrons. The maximum atomic E-state index is 5.32. The van der Waals surface area contributed by atoms with Gasteiger partial charge in [-0.25, -0.2) is 4.57 Å². The van der Waals surface area contributed by atoms with Crippen LogP contribution in [0.25, 0.3) is 17.4 Å². The van der Waals surface area contributed by atoms with Gasteiger partial charge in [-0.15, -0.1) is 9.67 Å². The Morgan fingerprint density at radius 1 is 1.25 bits per heavy atom. The fraction of sp³-hybridized carbons (Fsp3) is 0.267. The summed E-state index contributed by atoms with van der Waals surface area (Å²) < 4.78 is 9.29. The van der Waals surface area contributed by atoms with Crippen molar-refractivity contribution in [1.82, 2.24) is 14.8 Å². The summed E-state index contributed by atoms with van der Waals surface area (Å²) in [4.78, 5) is 0. The van der Waals surface area contributed by atoms with Crippen LogP contribution in [0.3, 0.4) is 0 Å². The summed E-state index contributed by atoms with van der Waals surface area (Å²) in [6.07, 6.45) is 5.25. The van der Waals surface area contributed by atoms with E-state index < -0.39 is 0 Å². The zero-order valence-corrected chi connectivity index (χ0v) is 11.8. The maximum absolute atomic E-state index is 5.32. The molecule has 1 aromatic carbocycles. The average Bonchev–Trinajstić information content (AvgIpc) is 3.07. The van der Waals surface area contributed by atoms with Crippen molar-refractivity contribution in [3.05, 3.63) is 48.6 Å². The van der Waals surface area contributed by atoms with E-state index in [1.807, 2.05) is 30.1 Å². The molecule has 0 unspecified atom stereocenters. The number of rotatable bonds is 3. The van der Waals surface area contributed by atoms with Crippen LogP contribution in [0.4, 0.5) is 0 Å². The summed E-state index contributed by atoms with van der Waals surface area (Å²) in [6.45, 7) is 4.39. The van der Waals surface area contributed by atoms with E-state index in [2.05, 4.69) is 46.8 Å². The zero-order chi connectivity index (χ0) is 14.1. The third kappa shape index (κ3) is 2.01. The number of hydrogen-bond acceptors (Lipinski definition) is 3. The Labute approximate surface area is 117 Å². The third-order valence-electron chi connectivity index (χ3n) is 3.38. The molecule has 0 fully saturated rings. The van der Waals surface area contributed by atoms with Gasteiger partial charge >= 0.3 is 6.01 Å². The van der Waals surface area contributed by atoms with E-state index in [4.69, 9.17) is 4.42 Å². The van der Waals surface area contributed by atoms with Crippen molar-refractivity contribution in [2.24, 2.45) is 7.05 Å². The Morgan fingerprint density at radius 3 is 2.75 bits per heavy atom. The number of nitrogens with zero attached hydrogens (tertiary/aromatic N) is 4. The molecule has 0 bridgehead atoms. The van der Waals surface area contributed by atoms with E-state index in [0.717, 1.165) is 5.82 Å². The van der Waals surface area contributed by atoms with E-state index in [-0.39, 0.29) is 0 Å². The zero-order valence-electron chi connectivity index (χ0n) is 11.8. The van der Waals surface area contributed by atoms with Gasteiger partial charge in [0.05, 0.1) is 12.6 Å². The molecule has 0 N–H and O–H groups in total. The molecule has 5 nitrogen and oxygen atoms in total. The Balaban J connectivity index is 2.23. The van der Waals surface area contributed by atoms with Gasteiger partial charge in [0.15, 0.2) is 0 Å². The smallest absolute Gasteiger partial charge is 0.393 e. The van der Waals surface area contributed by atoms with Gasteiger partial charge in [0.2, 0.25) is 6.39 Å². The first-order chi connectivity index (χ1) is 9.68. The molecular weight excluding hydrogens is 252 g/mol. The monoisotopic (exact) mass is 269 g/mol. The van der Waals surface area contributed by atoms with Gasteiger partial charge in [-0.3, -0.25) is 0 Å². The minimum atomic E-state index is 0.442. The van der Waals surface area contributed by atoms with Crippen LogP contribution < -0.4 is 4.57 Å². The first kappa shape index (κ1) is 12.6. The molecule has 0 atom stereocenters. The van der Waals surface area contributed by atoms with Crippen molar-refractivity contribution in [3.63, 3.8) is 0 Å². The highest BCUT2D eigenvalue weighted by molar-refractivity contribution is 5.60. The van der Waals surface area contributed by atoms with Gasteiger partial charge in [0.1, 0.15) is 12.4 Å². The largest absolute Gasteiger partial charge is 0.421 e. The molecule has 2 heterocycles. The highest BCUT2D eigenvalue weighted by Crippen LogP contribution is 2.28. The van der Waals surface area contributed by atoms with Gasteiger partial charge < -0.3 is 4.42 Å². The molecule has 0 radical (unpaired) electrons. The lowest BCUT2D eigenvalue weighted by Gasteiger charge is -2.10. The second-order valence-corrected chi connectivity index (χ2v) is 5.07. The molecule has 3 rings (SSSR count). The molecule has 2 aromatic heterocycles. The van der Waals surface area contributed by atoms with Crippen LogP contribution in [-0.2, 0) is 7.05 Å². The van der Waals surface area contributed by atoms with Crippen molar-refractivity contribution < 1.29 is 8.98 Å².